The van der Waals surface area contributed by atoms with Crippen molar-refractivity contribution in [1.82, 2.24) is 10.6 Å². The van der Waals surface area contributed by atoms with Gasteiger partial charge < -0.3 is 20.1 Å². The molecule has 0 aromatic heterocycles. The van der Waals surface area contributed by atoms with Crippen LogP contribution in [0.25, 0.3) is 0 Å². The van der Waals surface area contributed by atoms with Crippen molar-refractivity contribution in [2.24, 2.45) is 16.3 Å². The van der Waals surface area contributed by atoms with Crippen LogP contribution < -0.4 is 15.4 Å². The smallest absolute Gasteiger partial charge is 0.191 e. The Bertz CT molecular complexity index is 676. The molecule has 156 valence electrons. The zero-order valence-electron chi connectivity index (χ0n) is 17.1. The molecule has 1 aromatic carbocycles. The number of nitrogens with zero attached hydrogens (tertiary/aromatic N) is 1. The first-order valence-electron chi connectivity index (χ1n) is 10.6. The molecule has 4 rings (SSSR count). The van der Waals surface area contributed by atoms with Gasteiger partial charge in [-0.3, -0.25) is 4.99 Å². The van der Waals surface area contributed by atoms with E-state index in [4.69, 9.17) is 14.5 Å². The fraction of sp³-hybridized carbons (Fsp3) is 0.682. The lowest BCUT2D eigenvalue weighted by Crippen LogP contribution is -2.69. The summed E-state index contributed by atoms with van der Waals surface area (Å²) in [6.45, 7) is 4.69. The second-order valence-corrected chi connectivity index (χ2v) is 8.13. The third-order valence-electron chi connectivity index (χ3n) is 6.77. The van der Waals surface area contributed by atoms with Crippen LogP contribution >= 0.6 is 24.0 Å². The first kappa shape index (κ1) is 21.7. The molecule has 3 fully saturated rings. The van der Waals surface area contributed by atoms with Crippen molar-refractivity contribution in [3.8, 4) is 5.75 Å². The van der Waals surface area contributed by atoms with Crippen molar-refractivity contribution < 1.29 is 9.47 Å². The van der Waals surface area contributed by atoms with Crippen LogP contribution in [-0.2, 0) is 11.2 Å². The molecule has 1 saturated heterocycles. The van der Waals surface area contributed by atoms with Gasteiger partial charge in [-0.15, -0.1) is 24.0 Å². The van der Waals surface area contributed by atoms with Crippen molar-refractivity contribution >= 4 is 29.9 Å². The summed E-state index contributed by atoms with van der Waals surface area (Å²) >= 11 is 0. The highest BCUT2D eigenvalue weighted by Crippen LogP contribution is 2.60. The zero-order chi connectivity index (χ0) is 18.7. The van der Waals surface area contributed by atoms with Crippen molar-refractivity contribution in [3.63, 3.8) is 0 Å². The van der Waals surface area contributed by atoms with E-state index in [1.54, 1.807) is 7.11 Å². The van der Waals surface area contributed by atoms with Crippen LogP contribution in [0.15, 0.2) is 29.3 Å². The third kappa shape index (κ3) is 3.99. The summed E-state index contributed by atoms with van der Waals surface area (Å²) in [5, 5.41) is 7.25. The molecule has 0 amide bonds. The minimum atomic E-state index is 0. The van der Waals surface area contributed by atoms with E-state index >= 15 is 0 Å². The molecular formula is C22H34IN3O2. The van der Waals surface area contributed by atoms with E-state index in [0.717, 1.165) is 37.8 Å². The predicted molar refractivity (Wildman–Crippen MR) is 124 cm³/mol. The maximum absolute atomic E-state index is 6.11. The predicted octanol–water partition coefficient (Wildman–Crippen LogP) is 3.76. The normalized spacial score (nSPS) is 27.6. The van der Waals surface area contributed by atoms with Crippen molar-refractivity contribution in [2.45, 2.75) is 57.6 Å². The van der Waals surface area contributed by atoms with E-state index in [0.29, 0.717) is 23.5 Å². The van der Waals surface area contributed by atoms with Crippen LogP contribution in [0, 0.1) is 11.3 Å². The summed E-state index contributed by atoms with van der Waals surface area (Å²) in [6.07, 6.45) is 7.82. The molecule has 5 nitrogen and oxygen atoms in total. The summed E-state index contributed by atoms with van der Waals surface area (Å²) in [4.78, 5) is 4.87. The van der Waals surface area contributed by atoms with Crippen LogP contribution in [-0.4, -0.2) is 44.9 Å². The average molecular weight is 499 g/mol. The van der Waals surface area contributed by atoms with Gasteiger partial charge in [-0.25, -0.2) is 0 Å². The molecule has 2 aliphatic carbocycles. The Hall–Kier alpha value is -1.02. The van der Waals surface area contributed by atoms with Gasteiger partial charge >= 0.3 is 0 Å². The summed E-state index contributed by atoms with van der Waals surface area (Å²) in [5.41, 5.74) is 1.56. The molecule has 1 heterocycles. The Morgan fingerprint density at radius 1 is 1.29 bits per heavy atom. The molecule has 3 atom stereocenters. The molecule has 0 radical (unpaired) electrons. The Morgan fingerprint density at radius 3 is 2.82 bits per heavy atom. The van der Waals surface area contributed by atoms with Gasteiger partial charge in [0.15, 0.2) is 5.96 Å². The summed E-state index contributed by atoms with van der Waals surface area (Å²) in [6, 6.07) is 8.71. The quantitative estimate of drug-likeness (QED) is 0.356. The van der Waals surface area contributed by atoms with Gasteiger partial charge in [0.2, 0.25) is 0 Å². The van der Waals surface area contributed by atoms with Gasteiger partial charge in [0.1, 0.15) is 5.75 Å². The lowest BCUT2D eigenvalue weighted by Gasteiger charge is -2.57. The van der Waals surface area contributed by atoms with E-state index in [9.17, 15) is 0 Å². The van der Waals surface area contributed by atoms with Gasteiger partial charge in [0.05, 0.1) is 13.2 Å². The van der Waals surface area contributed by atoms with Crippen LogP contribution in [0.1, 0.15) is 44.6 Å². The molecule has 6 heteroatoms. The Balaban J connectivity index is 0.00000225. The molecular weight excluding hydrogens is 465 g/mol. The minimum absolute atomic E-state index is 0. The van der Waals surface area contributed by atoms with E-state index in [-0.39, 0.29) is 24.0 Å². The second-order valence-electron chi connectivity index (χ2n) is 8.13. The van der Waals surface area contributed by atoms with E-state index in [1.807, 2.05) is 12.1 Å². The number of hydrogen-bond acceptors (Lipinski definition) is 3. The average Bonchev–Trinajstić information content (AvgIpc) is 3.35. The number of methoxy groups -OCH3 is 1. The van der Waals surface area contributed by atoms with Crippen LogP contribution in [0.2, 0.25) is 0 Å². The number of para-hydroxylation sites is 1. The van der Waals surface area contributed by atoms with Crippen molar-refractivity contribution in [3.05, 3.63) is 29.8 Å². The van der Waals surface area contributed by atoms with Crippen LogP contribution in [0.4, 0.5) is 0 Å². The molecule has 3 aliphatic rings. The molecule has 1 spiro atoms. The number of ether oxygens (including phenoxy) is 2. The number of nitrogens with one attached hydrogen (secondary N) is 2. The minimum Gasteiger partial charge on any atom is -0.496 e. The Labute approximate surface area is 186 Å². The maximum atomic E-state index is 6.11. The Morgan fingerprint density at radius 2 is 2.07 bits per heavy atom. The lowest BCUT2D eigenvalue weighted by molar-refractivity contribution is -0.125. The Kier molecular flexibility index (Phi) is 7.48. The van der Waals surface area contributed by atoms with E-state index in [2.05, 4.69) is 29.7 Å². The highest BCUT2D eigenvalue weighted by Gasteiger charge is 2.65. The van der Waals surface area contributed by atoms with Crippen molar-refractivity contribution in [1.29, 1.82) is 0 Å². The molecule has 1 aromatic rings. The summed E-state index contributed by atoms with van der Waals surface area (Å²) in [7, 11) is 1.73. The standard InChI is InChI=1S/C22H33N3O2.HI/c1-3-23-21(24-14-10-16-8-4-5-9-18(16)26-2)25-19-17-11-15-27-20(17)22(19)12-6-7-13-22;/h4-5,8-9,17,19-20H,3,6-7,10-15H2,1-2H3,(H2,23,24,25);1H. The lowest BCUT2D eigenvalue weighted by atomic mass is 9.54. The van der Waals surface area contributed by atoms with Crippen molar-refractivity contribution in [2.75, 3.05) is 26.8 Å². The number of aliphatic imine (C=N–C) groups is 1. The number of benzene rings is 1. The molecule has 0 bridgehead atoms. The third-order valence-corrected chi connectivity index (χ3v) is 6.77. The highest BCUT2D eigenvalue weighted by molar-refractivity contribution is 14.0. The molecule has 1 aliphatic heterocycles. The molecule has 2 saturated carbocycles. The highest BCUT2D eigenvalue weighted by atomic mass is 127. The van der Waals surface area contributed by atoms with E-state index < -0.39 is 0 Å². The monoisotopic (exact) mass is 499 g/mol. The van der Waals surface area contributed by atoms with Crippen LogP contribution in [0.3, 0.4) is 0 Å². The number of fused-ring (bicyclic) bond motifs is 2. The van der Waals surface area contributed by atoms with Crippen LogP contribution in [0.5, 0.6) is 5.75 Å². The number of guanidine groups is 1. The molecule has 3 unspecified atom stereocenters. The fourth-order valence-corrected chi connectivity index (χ4v) is 5.57. The molecule has 28 heavy (non-hydrogen) atoms. The van der Waals surface area contributed by atoms with Gasteiger partial charge in [0.25, 0.3) is 0 Å². The summed E-state index contributed by atoms with van der Waals surface area (Å²) < 4.78 is 11.6. The zero-order valence-corrected chi connectivity index (χ0v) is 19.4. The van der Waals surface area contributed by atoms with E-state index in [1.165, 1.54) is 37.7 Å². The number of rotatable bonds is 6. The maximum Gasteiger partial charge on any atom is 0.191 e. The van der Waals surface area contributed by atoms with Gasteiger partial charge in [-0.05, 0) is 44.2 Å². The SMILES string of the molecule is CCNC(=NCCc1ccccc1OC)NC1C2CCOC2C12CCCC2.I. The number of hydrogen-bond donors (Lipinski definition) is 2. The molecule has 2 N–H and O–H groups in total. The number of halogens is 1. The first-order chi connectivity index (χ1) is 13.3. The first-order valence-corrected chi connectivity index (χ1v) is 10.6. The second kappa shape index (κ2) is 9.65. The van der Waals surface area contributed by atoms with Gasteiger partial charge in [-0.1, -0.05) is 31.0 Å². The largest absolute Gasteiger partial charge is 0.496 e. The summed E-state index contributed by atoms with van der Waals surface area (Å²) in [5.74, 6) is 2.55. The van der Waals surface area contributed by atoms with Gasteiger partial charge in [0, 0.05) is 37.1 Å². The van der Waals surface area contributed by atoms with Gasteiger partial charge in [-0.2, -0.15) is 0 Å². The fourth-order valence-electron chi connectivity index (χ4n) is 5.57. The topological polar surface area (TPSA) is 54.9 Å².